The Morgan fingerprint density at radius 2 is 1.75 bits per heavy atom. The van der Waals surface area contributed by atoms with Gasteiger partial charge >= 0.3 is 5.97 Å². The molecule has 3 amide bonds. The number of nitrogens with zero attached hydrogens (tertiary/aromatic N) is 1. The summed E-state index contributed by atoms with van der Waals surface area (Å²) in [4.78, 5) is 52.7. The normalized spacial score (nSPS) is 25.3. The van der Waals surface area contributed by atoms with Crippen molar-refractivity contribution in [1.82, 2.24) is 15.5 Å². The van der Waals surface area contributed by atoms with Crippen LogP contribution in [-0.4, -0.2) is 59.9 Å². The number of rotatable bonds is 10. The number of carbonyl (C=O) groups is 4. The molecule has 0 bridgehead atoms. The lowest BCUT2D eigenvalue weighted by Gasteiger charge is -2.27. The van der Waals surface area contributed by atoms with Crippen molar-refractivity contribution in [3.05, 3.63) is 12.2 Å². The van der Waals surface area contributed by atoms with E-state index >= 15 is 0 Å². The number of unbranched alkanes of at least 4 members (excludes halogenated alkanes) is 4. The summed E-state index contributed by atoms with van der Waals surface area (Å²) < 4.78 is 0. The molecule has 0 fully saturated rings. The first kappa shape index (κ1) is 31.6. The maximum Gasteiger partial charge on any atom is 0.326 e. The van der Waals surface area contributed by atoms with Crippen molar-refractivity contribution < 1.29 is 24.3 Å². The number of allylic oxidation sites excluding steroid dienone is 2. The molecule has 8 heteroatoms. The molecule has 1 heterocycles. The molecule has 0 aliphatic carbocycles. The van der Waals surface area contributed by atoms with Crippen molar-refractivity contribution in [3.8, 4) is 0 Å². The highest BCUT2D eigenvalue weighted by molar-refractivity contribution is 5.91. The minimum atomic E-state index is -1.22. The smallest absolute Gasteiger partial charge is 0.326 e. The van der Waals surface area contributed by atoms with E-state index in [1.54, 1.807) is 14.1 Å². The first-order chi connectivity index (χ1) is 17.1. The van der Waals surface area contributed by atoms with Crippen LogP contribution >= 0.6 is 0 Å². The van der Waals surface area contributed by atoms with Gasteiger partial charge in [-0.15, -0.1) is 0 Å². The van der Waals surface area contributed by atoms with E-state index in [2.05, 4.69) is 17.6 Å². The largest absolute Gasteiger partial charge is 0.480 e. The number of aliphatic carboxylic acids is 1. The Kier molecular flexibility index (Phi) is 15.1. The zero-order valence-corrected chi connectivity index (χ0v) is 23.1. The number of amides is 3. The number of nitrogens with one attached hydrogen (secondary N) is 2. The fourth-order valence-electron chi connectivity index (χ4n) is 4.70. The Hall–Kier alpha value is -2.38. The molecule has 1 rings (SSSR count). The first-order valence-corrected chi connectivity index (χ1v) is 13.8. The van der Waals surface area contributed by atoms with E-state index in [-0.39, 0.29) is 30.1 Å². The third-order valence-corrected chi connectivity index (χ3v) is 6.80. The Bertz CT molecular complexity index is 735. The van der Waals surface area contributed by atoms with Gasteiger partial charge in [-0.1, -0.05) is 65.0 Å². The molecule has 36 heavy (non-hydrogen) atoms. The fraction of sp³-hybridized carbons (Fsp3) is 0.786. The molecule has 0 radical (unpaired) electrons. The lowest BCUT2D eigenvalue weighted by atomic mass is 9.93. The molecule has 0 aromatic heterocycles. The molecule has 1 aliphatic heterocycles. The van der Waals surface area contributed by atoms with Crippen molar-refractivity contribution in [1.29, 1.82) is 0 Å². The average Bonchev–Trinajstić information content (AvgIpc) is 2.81. The standard InChI is InChI=1S/C28H49N3O5/c1-6-7-8-9-12-15-21-16-13-10-11-14-17-22(27(34)31(4)5)19-24(28(35)36)30-26(33)23(18-20(2)3)29-25(21)32/h11,14,20-24H,6-10,12-13,15-19H2,1-5H3,(H,29,32)(H,30,33)(H,35,36)/b14-11+/t21?,22?,23-,24-/m0/s1. The van der Waals surface area contributed by atoms with Gasteiger partial charge in [0, 0.05) is 25.9 Å². The number of carboxylic acid groups (broad SMARTS) is 1. The number of carboxylic acids is 1. The van der Waals surface area contributed by atoms with Crippen LogP contribution in [0.4, 0.5) is 0 Å². The van der Waals surface area contributed by atoms with Gasteiger partial charge in [0.15, 0.2) is 0 Å². The van der Waals surface area contributed by atoms with Crippen molar-refractivity contribution in [2.75, 3.05) is 14.1 Å². The van der Waals surface area contributed by atoms with Crippen LogP contribution < -0.4 is 10.6 Å². The molecule has 2 unspecified atom stereocenters. The van der Waals surface area contributed by atoms with Crippen molar-refractivity contribution in [3.63, 3.8) is 0 Å². The summed E-state index contributed by atoms with van der Waals surface area (Å²) in [6, 6.07) is -2.03. The molecule has 8 nitrogen and oxygen atoms in total. The highest BCUT2D eigenvalue weighted by atomic mass is 16.4. The molecule has 0 saturated carbocycles. The maximum atomic E-state index is 13.3. The second-order valence-corrected chi connectivity index (χ2v) is 10.8. The van der Waals surface area contributed by atoms with Gasteiger partial charge in [0.25, 0.3) is 0 Å². The van der Waals surface area contributed by atoms with Gasteiger partial charge in [-0.05, 0) is 50.9 Å². The van der Waals surface area contributed by atoms with Gasteiger partial charge in [0.1, 0.15) is 12.1 Å². The average molecular weight is 508 g/mol. The van der Waals surface area contributed by atoms with Crippen LogP contribution in [0.3, 0.4) is 0 Å². The molecule has 0 spiro atoms. The third kappa shape index (κ3) is 12.0. The Balaban J connectivity index is 3.15. The quantitative estimate of drug-likeness (QED) is 0.301. The monoisotopic (exact) mass is 507 g/mol. The molecule has 3 N–H and O–H groups in total. The Morgan fingerprint density at radius 1 is 1.06 bits per heavy atom. The summed E-state index contributed by atoms with van der Waals surface area (Å²) in [6.45, 7) is 6.10. The van der Waals surface area contributed by atoms with Gasteiger partial charge in [0.2, 0.25) is 17.7 Å². The van der Waals surface area contributed by atoms with Crippen LogP contribution in [-0.2, 0) is 19.2 Å². The second-order valence-electron chi connectivity index (χ2n) is 10.8. The molecular weight excluding hydrogens is 458 g/mol. The van der Waals surface area contributed by atoms with E-state index in [9.17, 15) is 24.3 Å². The zero-order valence-electron chi connectivity index (χ0n) is 23.1. The van der Waals surface area contributed by atoms with Crippen LogP contribution in [0.2, 0.25) is 0 Å². The summed E-state index contributed by atoms with van der Waals surface area (Å²) in [5, 5.41) is 15.4. The summed E-state index contributed by atoms with van der Waals surface area (Å²) in [5.74, 6) is -2.59. The third-order valence-electron chi connectivity index (χ3n) is 6.80. The van der Waals surface area contributed by atoms with E-state index < -0.39 is 29.9 Å². The van der Waals surface area contributed by atoms with Crippen molar-refractivity contribution in [2.45, 2.75) is 110 Å². The molecule has 0 saturated heterocycles. The van der Waals surface area contributed by atoms with Gasteiger partial charge in [-0.3, -0.25) is 14.4 Å². The minimum absolute atomic E-state index is 0.00877. The lowest BCUT2D eigenvalue weighted by Crippen LogP contribution is -2.53. The highest BCUT2D eigenvalue weighted by Gasteiger charge is 2.32. The SMILES string of the molecule is CCCCCCCC1CCC/C=C/CC(C(=O)N(C)C)C[C@@H](C(=O)O)NC(=O)[C@H](CC(C)C)NC1=O. The Labute approximate surface area is 217 Å². The first-order valence-electron chi connectivity index (χ1n) is 13.8. The molecule has 1 aliphatic rings. The maximum absolute atomic E-state index is 13.3. The van der Waals surface area contributed by atoms with Gasteiger partial charge in [0.05, 0.1) is 0 Å². The molecule has 4 atom stereocenters. The number of hydrogen-bond acceptors (Lipinski definition) is 4. The van der Waals surface area contributed by atoms with Gasteiger partial charge < -0.3 is 20.6 Å². The van der Waals surface area contributed by atoms with Crippen LogP contribution in [0.5, 0.6) is 0 Å². The van der Waals surface area contributed by atoms with Crippen LogP contribution in [0.15, 0.2) is 12.2 Å². The Morgan fingerprint density at radius 3 is 2.36 bits per heavy atom. The van der Waals surface area contributed by atoms with E-state index in [0.29, 0.717) is 12.8 Å². The summed E-state index contributed by atoms with van der Waals surface area (Å²) in [5.41, 5.74) is 0. The molecule has 0 aromatic carbocycles. The fourth-order valence-corrected chi connectivity index (χ4v) is 4.70. The van der Waals surface area contributed by atoms with Crippen molar-refractivity contribution in [2.24, 2.45) is 17.8 Å². The van der Waals surface area contributed by atoms with E-state index in [0.717, 1.165) is 44.9 Å². The highest BCUT2D eigenvalue weighted by Crippen LogP contribution is 2.21. The zero-order chi connectivity index (χ0) is 27.1. The molecule has 0 aromatic rings. The summed E-state index contributed by atoms with van der Waals surface area (Å²) in [7, 11) is 3.29. The number of carbonyl (C=O) groups excluding carboxylic acids is 3. The molecular formula is C28H49N3O5. The van der Waals surface area contributed by atoms with Crippen molar-refractivity contribution >= 4 is 23.7 Å². The summed E-state index contributed by atoms with van der Waals surface area (Å²) in [6.07, 6.45) is 13.5. The van der Waals surface area contributed by atoms with Crippen LogP contribution in [0, 0.1) is 17.8 Å². The van der Waals surface area contributed by atoms with E-state index in [4.69, 9.17) is 0 Å². The van der Waals surface area contributed by atoms with Crippen LogP contribution in [0.1, 0.15) is 97.8 Å². The molecule has 206 valence electrons. The topological polar surface area (TPSA) is 116 Å². The lowest BCUT2D eigenvalue weighted by molar-refractivity contribution is -0.143. The van der Waals surface area contributed by atoms with Gasteiger partial charge in [-0.25, -0.2) is 4.79 Å². The van der Waals surface area contributed by atoms with Crippen LogP contribution in [0.25, 0.3) is 0 Å². The second kappa shape index (κ2) is 17.1. The minimum Gasteiger partial charge on any atom is -0.480 e. The number of hydrogen-bond donors (Lipinski definition) is 3. The predicted molar refractivity (Wildman–Crippen MR) is 142 cm³/mol. The van der Waals surface area contributed by atoms with E-state index in [1.165, 1.54) is 17.7 Å². The predicted octanol–water partition coefficient (Wildman–Crippen LogP) is 4.29. The summed E-state index contributed by atoms with van der Waals surface area (Å²) >= 11 is 0. The van der Waals surface area contributed by atoms with Gasteiger partial charge in [-0.2, -0.15) is 0 Å². The van der Waals surface area contributed by atoms with E-state index in [1.807, 2.05) is 26.0 Å².